The molecule has 0 aliphatic carbocycles. The monoisotopic (exact) mass is 447 g/mol. The third-order valence-electron chi connectivity index (χ3n) is 5.90. The van der Waals surface area contributed by atoms with Crippen molar-refractivity contribution < 1.29 is 4.55 Å². The second kappa shape index (κ2) is 10.3. The number of nitrogens with zero attached hydrogens (tertiary/aromatic N) is 3. The summed E-state index contributed by atoms with van der Waals surface area (Å²) in [6, 6.07) is 16.8. The first-order valence-electron chi connectivity index (χ1n) is 11.3. The Bertz CT molecular complexity index is 1160. The maximum absolute atomic E-state index is 9.91. The van der Waals surface area contributed by atoms with Crippen molar-refractivity contribution >= 4 is 16.8 Å². The van der Waals surface area contributed by atoms with E-state index in [0.717, 1.165) is 45.9 Å². The van der Waals surface area contributed by atoms with Gasteiger partial charge in [0, 0.05) is 29.6 Å². The van der Waals surface area contributed by atoms with Gasteiger partial charge in [-0.05, 0) is 54.6 Å². The Balaban J connectivity index is 0.00000119. The van der Waals surface area contributed by atoms with Gasteiger partial charge in [0.25, 0.3) is 0 Å². The second-order valence-electron chi connectivity index (χ2n) is 7.82. The molecule has 0 saturated carbocycles. The highest BCUT2D eigenvalue weighted by Crippen LogP contribution is 2.29. The van der Waals surface area contributed by atoms with Crippen molar-refractivity contribution in [2.24, 2.45) is 0 Å². The smallest absolute Gasteiger partial charge is 0.190 e. The molecular formula is C26H31N4OS+. The zero-order valence-corrected chi connectivity index (χ0v) is 19.8. The SMILES string of the molecule is CC.C[S+](O)c1cccc(-c2cnn3cc(-c4ccc(C5CCNCC5)cc4)cnc23)c1. The first-order valence-corrected chi connectivity index (χ1v) is 12.9. The number of fused-ring (bicyclic) bond motifs is 1. The van der Waals surface area contributed by atoms with E-state index in [1.165, 1.54) is 18.4 Å². The largest absolute Gasteiger partial charge is 0.317 e. The zero-order chi connectivity index (χ0) is 22.5. The van der Waals surface area contributed by atoms with E-state index in [4.69, 9.17) is 4.98 Å². The summed E-state index contributed by atoms with van der Waals surface area (Å²) in [5.41, 5.74) is 6.42. The van der Waals surface area contributed by atoms with E-state index in [1.54, 1.807) is 6.26 Å². The van der Waals surface area contributed by atoms with Crippen LogP contribution in [0.1, 0.15) is 38.2 Å². The van der Waals surface area contributed by atoms with Crippen LogP contribution in [0.25, 0.3) is 27.9 Å². The molecule has 2 aromatic heterocycles. The van der Waals surface area contributed by atoms with Gasteiger partial charge in [-0.2, -0.15) is 9.65 Å². The average Bonchev–Trinajstić information content (AvgIpc) is 3.29. The van der Waals surface area contributed by atoms with Gasteiger partial charge >= 0.3 is 0 Å². The molecule has 0 amide bonds. The maximum Gasteiger partial charge on any atom is 0.190 e. The highest BCUT2D eigenvalue weighted by atomic mass is 32.2. The molecule has 1 fully saturated rings. The number of aromatic nitrogens is 3. The van der Waals surface area contributed by atoms with Crippen molar-refractivity contribution in [2.75, 3.05) is 19.3 Å². The fraction of sp³-hybridized carbons (Fsp3) is 0.308. The van der Waals surface area contributed by atoms with Crippen molar-refractivity contribution in [3.63, 3.8) is 0 Å². The Hall–Kier alpha value is -2.67. The van der Waals surface area contributed by atoms with E-state index in [-0.39, 0.29) is 0 Å². The Morgan fingerprint density at radius 3 is 2.44 bits per heavy atom. The molecule has 1 atom stereocenters. The van der Waals surface area contributed by atoms with E-state index < -0.39 is 11.2 Å². The summed E-state index contributed by atoms with van der Waals surface area (Å²) in [4.78, 5) is 5.63. The second-order valence-corrected chi connectivity index (χ2v) is 9.25. The quantitative estimate of drug-likeness (QED) is 0.398. The molecule has 1 aliphatic rings. The summed E-state index contributed by atoms with van der Waals surface area (Å²) in [6.45, 7) is 6.21. The summed E-state index contributed by atoms with van der Waals surface area (Å²) >= 11 is -0.768. The standard InChI is InChI=1S/C24H25N4OS.C2H6/c1-30(29)22-4-2-3-20(13-22)23-15-27-28-16-21(14-26-24(23)28)18-7-5-17(6-8-18)19-9-11-25-12-10-19;1-2/h2-8,13-16,19,25,29H,9-12H2,1H3;1-2H3/q+1;. The van der Waals surface area contributed by atoms with Crippen LogP contribution < -0.4 is 5.32 Å². The molecular weight excluding hydrogens is 416 g/mol. The van der Waals surface area contributed by atoms with Gasteiger partial charge in [0.15, 0.2) is 21.7 Å². The van der Waals surface area contributed by atoms with Gasteiger partial charge < -0.3 is 5.32 Å². The van der Waals surface area contributed by atoms with Gasteiger partial charge in [-0.1, -0.05) is 50.2 Å². The number of nitrogens with one attached hydrogen (secondary N) is 1. The number of benzene rings is 2. The molecule has 32 heavy (non-hydrogen) atoms. The molecule has 0 radical (unpaired) electrons. The van der Waals surface area contributed by atoms with Gasteiger partial charge in [0.2, 0.25) is 0 Å². The summed E-state index contributed by atoms with van der Waals surface area (Å²) in [7, 11) is 0. The molecule has 2 N–H and O–H groups in total. The zero-order valence-electron chi connectivity index (χ0n) is 19.0. The Morgan fingerprint density at radius 2 is 1.72 bits per heavy atom. The lowest BCUT2D eigenvalue weighted by atomic mass is 9.89. The van der Waals surface area contributed by atoms with Crippen LogP contribution in [0.2, 0.25) is 0 Å². The lowest BCUT2D eigenvalue weighted by molar-refractivity contribution is 0.460. The van der Waals surface area contributed by atoms with Crippen LogP contribution in [-0.2, 0) is 11.2 Å². The minimum absolute atomic E-state index is 0.660. The molecule has 6 heteroatoms. The number of piperidine rings is 1. The van der Waals surface area contributed by atoms with Crippen molar-refractivity contribution in [2.45, 2.75) is 37.5 Å². The average molecular weight is 448 g/mol. The predicted octanol–water partition coefficient (Wildman–Crippen LogP) is 5.64. The summed E-state index contributed by atoms with van der Waals surface area (Å²) < 4.78 is 11.7. The summed E-state index contributed by atoms with van der Waals surface area (Å²) in [5.74, 6) is 0.660. The van der Waals surface area contributed by atoms with Crippen LogP contribution in [0.5, 0.6) is 0 Å². The number of hydrogen-bond donors (Lipinski definition) is 2. The third-order valence-corrected chi connectivity index (χ3v) is 6.83. The van der Waals surface area contributed by atoms with E-state index in [2.05, 4.69) is 34.7 Å². The van der Waals surface area contributed by atoms with Gasteiger partial charge in [0.1, 0.15) is 6.26 Å². The van der Waals surface area contributed by atoms with Crippen LogP contribution >= 0.6 is 0 Å². The third kappa shape index (κ3) is 4.72. The van der Waals surface area contributed by atoms with Crippen LogP contribution in [0.15, 0.2) is 72.0 Å². The molecule has 1 aliphatic heterocycles. The fourth-order valence-electron chi connectivity index (χ4n) is 4.18. The lowest BCUT2D eigenvalue weighted by Gasteiger charge is -2.23. The molecule has 5 rings (SSSR count). The van der Waals surface area contributed by atoms with Crippen LogP contribution in [-0.4, -0.2) is 38.5 Å². The molecule has 3 heterocycles. The number of hydrogen-bond acceptors (Lipinski definition) is 4. The van der Waals surface area contributed by atoms with Crippen molar-refractivity contribution in [1.82, 2.24) is 19.9 Å². The Morgan fingerprint density at radius 1 is 0.969 bits per heavy atom. The highest BCUT2D eigenvalue weighted by molar-refractivity contribution is 7.90. The lowest BCUT2D eigenvalue weighted by Crippen LogP contribution is -2.26. The van der Waals surface area contributed by atoms with Crippen molar-refractivity contribution in [1.29, 1.82) is 0 Å². The topological polar surface area (TPSA) is 62.5 Å². The Kier molecular flexibility index (Phi) is 7.25. The highest BCUT2D eigenvalue weighted by Gasteiger charge is 2.17. The molecule has 1 unspecified atom stereocenters. The van der Waals surface area contributed by atoms with Gasteiger partial charge in [-0.25, -0.2) is 9.50 Å². The molecule has 0 bridgehead atoms. The molecule has 2 aromatic carbocycles. The molecule has 166 valence electrons. The van der Waals surface area contributed by atoms with Crippen LogP contribution in [0.3, 0.4) is 0 Å². The predicted molar refractivity (Wildman–Crippen MR) is 134 cm³/mol. The first-order chi connectivity index (χ1) is 15.7. The normalized spacial score (nSPS) is 15.2. The van der Waals surface area contributed by atoms with Crippen LogP contribution in [0, 0.1) is 0 Å². The van der Waals surface area contributed by atoms with E-state index in [1.807, 2.05) is 61.2 Å². The van der Waals surface area contributed by atoms with E-state index in [9.17, 15) is 4.55 Å². The Labute approximate surface area is 193 Å². The van der Waals surface area contributed by atoms with Crippen molar-refractivity contribution in [3.8, 4) is 22.3 Å². The first kappa shape index (κ1) is 22.5. The van der Waals surface area contributed by atoms with Gasteiger partial charge in [-0.3, -0.25) is 0 Å². The summed E-state index contributed by atoms with van der Waals surface area (Å²) in [6.07, 6.45) is 10.0. The van der Waals surface area contributed by atoms with E-state index in [0.29, 0.717) is 5.92 Å². The van der Waals surface area contributed by atoms with Crippen molar-refractivity contribution in [3.05, 3.63) is 72.7 Å². The minimum atomic E-state index is -0.768. The molecule has 0 spiro atoms. The minimum Gasteiger partial charge on any atom is -0.317 e. The molecule has 1 saturated heterocycles. The van der Waals surface area contributed by atoms with E-state index >= 15 is 0 Å². The summed E-state index contributed by atoms with van der Waals surface area (Å²) in [5, 5.41) is 7.96. The van der Waals surface area contributed by atoms with Gasteiger partial charge in [-0.15, -0.1) is 0 Å². The fourth-order valence-corrected chi connectivity index (χ4v) is 4.75. The molecule has 4 aromatic rings. The number of rotatable bonds is 4. The maximum atomic E-state index is 9.91. The molecule has 5 nitrogen and oxygen atoms in total. The van der Waals surface area contributed by atoms with Crippen LogP contribution in [0.4, 0.5) is 0 Å². The van der Waals surface area contributed by atoms with Gasteiger partial charge in [0.05, 0.1) is 6.20 Å².